The molecule has 0 saturated carbocycles. The molecule has 0 bridgehead atoms. The molecule has 1 aromatic carbocycles. The monoisotopic (exact) mass is 439 g/mol. The fourth-order valence-electron chi connectivity index (χ4n) is 3.46. The van der Waals surface area contributed by atoms with Crippen molar-refractivity contribution in [3.63, 3.8) is 0 Å². The van der Waals surface area contributed by atoms with Crippen molar-refractivity contribution in [1.29, 1.82) is 0 Å². The first kappa shape index (κ1) is 22.2. The van der Waals surface area contributed by atoms with E-state index in [1.807, 2.05) is 32.6 Å². The van der Waals surface area contributed by atoms with E-state index >= 15 is 0 Å². The zero-order valence-corrected chi connectivity index (χ0v) is 18.2. The van der Waals surface area contributed by atoms with E-state index < -0.39 is 0 Å². The molecule has 3 aromatic heterocycles. The molecule has 31 heavy (non-hydrogen) atoms. The molecule has 0 amide bonds. The third-order valence-electron chi connectivity index (χ3n) is 4.93. The Morgan fingerprint density at radius 3 is 2.45 bits per heavy atom. The molecule has 2 N–H and O–H groups in total. The molecule has 4 rings (SSSR count). The van der Waals surface area contributed by atoms with Crippen molar-refractivity contribution in [3.8, 4) is 11.1 Å². The number of benzene rings is 1. The van der Waals surface area contributed by atoms with Crippen LogP contribution in [-0.2, 0) is 7.05 Å². The molecule has 1 atom stereocenters. The Hall–Kier alpha value is -3.52. The molecule has 1 unspecified atom stereocenters. The van der Waals surface area contributed by atoms with E-state index in [0.29, 0.717) is 11.6 Å². The predicted octanol–water partition coefficient (Wildman–Crippen LogP) is 4.77. The van der Waals surface area contributed by atoms with Crippen LogP contribution < -0.4 is 10.6 Å². The van der Waals surface area contributed by atoms with Gasteiger partial charge >= 0.3 is 0 Å². The SMILES string of the molecule is CNc1nc(Nc2cnccn2)cc(-c2cnn(C)c2)c1C(C)c1ccc(F)cc1.Cl. The first-order valence-electron chi connectivity index (χ1n) is 9.55. The van der Waals surface area contributed by atoms with Crippen LogP contribution in [0.4, 0.5) is 21.8 Å². The normalized spacial score (nSPS) is 11.5. The quantitative estimate of drug-likeness (QED) is 0.450. The van der Waals surface area contributed by atoms with Crippen molar-refractivity contribution in [1.82, 2.24) is 24.7 Å². The number of aryl methyl sites for hydroxylation is 1. The Bertz CT molecular complexity index is 1150. The van der Waals surface area contributed by atoms with Crippen molar-refractivity contribution < 1.29 is 4.39 Å². The van der Waals surface area contributed by atoms with Crippen molar-refractivity contribution >= 4 is 29.9 Å². The molecule has 0 aliphatic heterocycles. The van der Waals surface area contributed by atoms with Crippen molar-refractivity contribution in [2.75, 3.05) is 17.7 Å². The van der Waals surface area contributed by atoms with Gasteiger partial charge in [-0.1, -0.05) is 19.1 Å². The molecule has 160 valence electrons. The minimum atomic E-state index is -0.256. The second kappa shape index (κ2) is 9.53. The van der Waals surface area contributed by atoms with E-state index in [-0.39, 0.29) is 24.1 Å². The summed E-state index contributed by atoms with van der Waals surface area (Å²) in [5.74, 6) is 1.67. The van der Waals surface area contributed by atoms with E-state index in [4.69, 9.17) is 4.98 Å². The average molecular weight is 440 g/mol. The maximum atomic E-state index is 13.4. The number of hydrogen-bond acceptors (Lipinski definition) is 6. The number of halogens is 2. The van der Waals surface area contributed by atoms with Gasteiger partial charge in [0.25, 0.3) is 0 Å². The highest BCUT2D eigenvalue weighted by Crippen LogP contribution is 2.39. The topological polar surface area (TPSA) is 80.6 Å². The van der Waals surface area contributed by atoms with Crippen LogP contribution in [0.5, 0.6) is 0 Å². The summed E-state index contributed by atoms with van der Waals surface area (Å²) in [7, 11) is 3.72. The van der Waals surface area contributed by atoms with Gasteiger partial charge in [0.2, 0.25) is 0 Å². The van der Waals surface area contributed by atoms with E-state index in [9.17, 15) is 4.39 Å². The van der Waals surface area contributed by atoms with Crippen LogP contribution in [0.25, 0.3) is 11.1 Å². The maximum absolute atomic E-state index is 13.4. The molecule has 0 aliphatic rings. The summed E-state index contributed by atoms with van der Waals surface area (Å²) < 4.78 is 15.2. The Morgan fingerprint density at radius 1 is 1.06 bits per heavy atom. The summed E-state index contributed by atoms with van der Waals surface area (Å²) in [5.41, 5.74) is 3.93. The molecule has 0 spiro atoms. The lowest BCUT2D eigenvalue weighted by Crippen LogP contribution is -2.08. The van der Waals surface area contributed by atoms with Crippen molar-refractivity contribution in [2.24, 2.45) is 7.05 Å². The predicted molar refractivity (Wildman–Crippen MR) is 122 cm³/mol. The van der Waals surface area contributed by atoms with Gasteiger partial charge in [0, 0.05) is 49.7 Å². The Balaban J connectivity index is 0.00000272. The summed E-state index contributed by atoms with van der Waals surface area (Å²) in [6.45, 7) is 2.08. The second-order valence-electron chi connectivity index (χ2n) is 6.96. The van der Waals surface area contributed by atoms with Crippen LogP contribution in [-0.4, -0.2) is 31.8 Å². The Kier molecular flexibility index (Phi) is 6.81. The van der Waals surface area contributed by atoms with Gasteiger partial charge in [-0.25, -0.2) is 14.4 Å². The van der Waals surface area contributed by atoms with Crippen LogP contribution >= 0.6 is 12.4 Å². The number of rotatable bonds is 6. The number of nitrogens with zero attached hydrogens (tertiary/aromatic N) is 5. The first-order valence-corrected chi connectivity index (χ1v) is 9.55. The lowest BCUT2D eigenvalue weighted by Gasteiger charge is -2.21. The molecule has 0 aliphatic carbocycles. The molecule has 0 saturated heterocycles. The van der Waals surface area contributed by atoms with Crippen molar-refractivity contribution in [3.05, 3.63) is 78.3 Å². The zero-order valence-electron chi connectivity index (χ0n) is 17.4. The standard InChI is InChI=1S/C22H22FN7.ClH/c1-14(15-4-6-17(23)7-5-15)21-18(16-11-27-30(3)13-16)10-19(29-22(21)24-2)28-20-12-25-8-9-26-20;/h4-14H,1-3H3,(H2,24,26,28,29);1H. The maximum Gasteiger partial charge on any atom is 0.150 e. The van der Waals surface area contributed by atoms with Crippen LogP contribution in [0, 0.1) is 5.82 Å². The minimum absolute atomic E-state index is 0. The smallest absolute Gasteiger partial charge is 0.150 e. The molecule has 7 nitrogen and oxygen atoms in total. The molecule has 9 heteroatoms. The largest absolute Gasteiger partial charge is 0.373 e. The summed E-state index contributed by atoms with van der Waals surface area (Å²) in [6, 6.07) is 8.54. The van der Waals surface area contributed by atoms with Crippen molar-refractivity contribution in [2.45, 2.75) is 12.8 Å². The van der Waals surface area contributed by atoms with Crippen LogP contribution in [0.15, 0.2) is 61.3 Å². The molecule has 0 fully saturated rings. The highest BCUT2D eigenvalue weighted by molar-refractivity contribution is 5.85. The lowest BCUT2D eigenvalue weighted by molar-refractivity contribution is 0.626. The highest BCUT2D eigenvalue weighted by atomic mass is 35.5. The fourth-order valence-corrected chi connectivity index (χ4v) is 3.46. The summed E-state index contributed by atoms with van der Waals surface area (Å²) in [6.07, 6.45) is 8.66. The van der Waals surface area contributed by atoms with Crippen LogP contribution in [0.1, 0.15) is 24.0 Å². The number of nitrogens with one attached hydrogen (secondary N) is 2. The second-order valence-corrected chi connectivity index (χ2v) is 6.96. The summed E-state index contributed by atoms with van der Waals surface area (Å²) in [4.78, 5) is 13.1. The fraction of sp³-hybridized carbons (Fsp3) is 0.182. The van der Waals surface area contributed by atoms with E-state index in [2.05, 4.69) is 32.6 Å². The van der Waals surface area contributed by atoms with Gasteiger partial charge < -0.3 is 10.6 Å². The van der Waals surface area contributed by atoms with E-state index in [0.717, 1.165) is 28.1 Å². The number of pyridine rings is 1. The van der Waals surface area contributed by atoms with Gasteiger partial charge in [-0.3, -0.25) is 9.67 Å². The van der Waals surface area contributed by atoms with Gasteiger partial charge in [-0.15, -0.1) is 12.4 Å². The number of aromatic nitrogens is 5. The number of hydrogen-bond donors (Lipinski definition) is 2. The Morgan fingerprint density at radius 2 is 1.84 bits per heavy atom. The molecular formula is C22H23ClFN7. The van der Waals surface area contributed by atoms with Gasteiger partial charge in [0.05, 0.1) is 12.4 Å². The third kappa shape index (κ3) is 4.80. The van der Waals surface area contributed by atoms with Gasteiger partial charge in [0.15, 0.2) is 0 Å². The molecule has 4 aromatic rings. The number of anilines is 3. The highest BCUT2D eigenvalue weighted by Gasteiger charge is 2.21. The third-order valence-corrected chi connectivity index (χ3v) is 4.93. The lowest BCUT2D eigenvalue weighted by atomic mass is 9.88. The molecular weight excluding hydrogens is 417 g/mol. The minimum Gasteiger partial charge on any atom is -0.373 e. The van der Waals surface area contributed by atoms with Gasteiger partial charge in [-0.2, -0.15) is 5.10 Å². The average Bonchev–Trinajstić information content (AvgIpc) is 3.20. The summed E-state index contributed by atoms with van der Waals surface area (Å²) >= 11 is 0. The molecule has 0 radical (unpaired) electrons. The van der Waals surface area contributed by atoms with E-state index in [1.165, 1.54) is 12.1 Å². The Labute approximate surface area is 186 Å². The zero-order chi connectivity index (χ0) is 21.1. The van der Waals surface area contributed by atoms with Crippen LogP contribution in [0.2, 0.25) is 0 Å². The first-order chi connectivity index (χ1) is 14.5. The van der Waals surface area contributed by atoms with E-state index in [1.54, 1.807) is 35.4 Å². The molecule has 3 heterocycles. The van der Waals surface area contributed by atoms with Crippen LogP contribution in [0.3, 0.4) is 0 Å². The van der Waals surface area contributed by atoms with Gasteiger partial charge in [-0.05, 0) is 29.3 Å². The summed E-state index contributed by atoms with van der Waals surface area (Å²) in [5, 5.41) is 10.8. The van der Waals surface area contributed by atoms with Gasteiger partial charge in [0.1, 0.15) is 23.3 Å².